The number of rotatable bonds is 5. The van der Waals surface area contributed by atoms with E-state index in [1.165, 1.54) is 11.9 Å². The SMILES string of the molecule is COc1cccc(N2Sc3ccccc3CC2=O)c1OCc1ccccc1. The van der Waals surface area contributed by atoms with Gasteiger partial charge in [0.25, 0.3) is 0 Å². The maximum absolute atomic E-state index is 12.8. The molecule has 0 radical (unpaired) electrons. The van der Waals surface area contributed by atoms with E-state index in [4.69, 9.17) is 9.47 Å². The minimum absolute atomic E-state index is 0.0246. The number of amides is 1. The Kier molecular flexibility index (Phi) is 5.03. The highest BCUT2D eigenvalue weighted by Crippen LogP contribution is 2.44. The molecule has 0 N–H and O–H groups in total. The Balaban J connectivity index is 1.67. The lowest BCUT2D eigenvalue weighted by Gasteiger charge is -2.29. The van der Waals surface area contributed by atoms with Crippen LogP contribution in [0.3, 0.4) is 0 Å². The van der Waals surface area contributed by atoms with E-state index in [1.807, 2.05) is 72.8 Å². The molecule has 1 heterocycles. The highest BCUT2D eigenvalue weighted by atomic mass is 32.2. The van der Waals surface area contributed by atoms with Crippen molar-refractivity contribution >= 4 is 23.5 Å². The fourth-order valence-electron chi connectivity index (χ4n) is 3.01. The lowest BCUT2D eigenvalue weighted by molar-refractivity contribution is -0.116. The van der Waals surface area contributed by atoms with Crippen molar-refractivity contribution in [1.82, 2.24) is 0 Å². The van der Waals surface area contributed by atoms with Gasteiger partial charge in [-0.3, -0.25) is 4.79 Å². The molecule has 1 aliphatic rings. The number of benzene rings is 3. The molecule has 4 nitrogen and oxygen atoms in total. The first-order chi connectivity index (χ1) is 13.3. The zero-order valence-electron chi connectivity index (χ0n) is 14.9. The van der Waals surface area contributed by atoms with Crippen molar-refractivity contribution in [1.29, 1.82) is 0 Å². The molecule has 4 rings (SSSR count). The molecule has 0 aliphatic carbocycles. The predicted molar refractivity (Wildman–Crippen MR) is 107 cm³/mol. The maximum Gasteiger partial charge on any atom is 0.241 e. The van der Waals surface area contributed by atoms with Gasteiger partial charge in [0.05, 0.1) is 13.5 Å². The van der Waals surface area contributed by atoms with Crippen molar-refractivity contribution in [3.63, 3.8) is 0 Å². The molecule has 0 bridgehead atoms. The van der Waals surface area contributed by atoms with Gasteiger partial charge in [0.15, 0.2) is 11.5 Å². The number of carbonyl (C=O) groups excluding carboxylic acids is 1. The van der Waals surface area contributed by atoms with E-state index in [1.54, 1.807) is 11.4 Å². The molecular weight excluding hydrogens is 358 g/mol. The van der Waals surface area contributed by atoms with Gasteiger partial charge in [-0.05, 0) is 41.3 Å². The Labute approximate surface area is 162 Å². The standard InChI is InChI=1S/C22H19NO3S/c1-25-19-12-7-11-18(22(19)26-15-16-8-3-2-4-9-16)23-21(24)14-17-10-5-6-13-20(17)27-23/h2-13H,14-15H2,1H3. The molecule has 0 spiro atoms. The number of methoxy groups -OCH3 is 1. The van der Waals surface area contributed by atoms with E-state index in [0.29, 0.717) is 30.2 Å². The van der Waals surface area contributed by atoms with Crippen LogP contribution in [-0.4, -0.2) is 13.0 Å². The number of hydrogen-bond acceptors (Lipinski definition) is 4. The zero-order valence-corrected chi connectivity index (χ0v) is 15.7. The van der Waals surface area contributed by atoms with Gasteiger partial charge in [-0.2, -0.15) is 0 Å². The molecule has 1 aliphatic heterocycles. The average molecular weight is 377 g/mol. The van der Waals surface area contributed by atoms with Gasteiger partial charge >= 0.3 is 0 Å². The largest absolute Gasteiger partial charge is 0.493 e. The Morgan fingerprint density at radius 3 is 2.56 bits per heavy atom. The second-order valence-electron chi connectivity index (χ2n) is 6.15. The molecule has 0 saturated heterocycles. The van der Waals surface area contributed by atoms with Gasteiger partial charge in [-0.1, -0.05) is 54.6 Å². The van der Waals surface area contributed by atoms with Gasteiger partial charge < -0.3 is 9.47 Å². The van der Waals surface area contributed by atoms with Crippen LogP contribution in [0.15, 0.2) is 77.7 Å². The second-order valence-corrected chi connectivity index (χ2v) is 7.13. The normalized spacial score (nSPS) is 13.2. The van der Waals surface area contributed by atoms with Crippen LogP contribution in [0, 0.1) is 0 Å². The van der Waals surface area contributed by atoms with Crippen LogP contribution >= 0.6 is 11.9 Å². The lowest BCUT2D eigenvalue weighted by Crippen LogP contribution is -2.29. The monoisotopic (exact) mass is 377 g/mol. The molecule has 0 saturated carbocycles. The number of nitrogens with zero attached hydrogens (tertiary/aromatic N) is 1. The van der Waals surface area contributed by atoms with Crippen LogP contribution in [0.5, 0.6) is 11.5 Å². The first-order valence-corrected chi connectivity index (χ1v) is 9.46. The summed E-state index contributed by atoms with van der Waals surface area (Å²) in [5.74, 6) is 1.20. The number of anilines is 1. The maximum atomic E-state index is 12.8. The quantitative estimate of drug-likeness (QED) is 0.595. The van der Waals surface area contributed by atoms with Crippen LogP contribution in [0.2, 0.25) is 0 Å². The van der Waals surface area contributed by atoms with E-state index >= 15 is 0 Å². The molecular formula is C22H19NO3S. The summed E-state index contributed by atoms with van der Waals surface area (Å²) in [7, 11) is 1.61. The molecule has 5 heteroatoms. The third-order valence-corrected chi connectivity index (χ3v) is 5.53. The Bertz CT molecular complexity index is 959. The smallest absolute Gasteiger partial charge is 0.241 e. The first-order valence-electron chi connectivity index (χ1n) is 8.69. The van der Waals surface area contributed by atoms with Crippen LogP contribution in [0.25, 0.3) is 0 Å². The van der Waals surface area contributed by atoms with Gasteiger partial charge in [-0.25, -0.2) is 4.31 Å². The minimum atomic E-state index is 0.0246. The molecule has 0 aromatic heterocycles. The van der Waals surface area contributed by atoms with Crippen LogP contribution < -0.4 is 13.8 Å². The van der Waals surface area contributed by atoms with Gasteiger partial charge in [-0.15, -0.1) is 0 Å². The summed E-state index contributed by atoms with van der Waals surface area (Å²) < 4.78 is 13.3. The second kappa shape index (κ2) is 7.76. The number of hydrogen-bond donors (Lipinski definition) is 0. The van der Waals surface area contributed by atoms with Crippen molar-refractivity contribution in [3.8, 4) is 11.5 Å². The van der Waals surface area contributed by atoms with E-state index < -0.39 is 0 Å². The summed E-state index contributed by atoms with van der Waals surface area (Å²) in [6, 6.07) is 23.5. The Morgan fingerprint density at radius 2 is 1.74 bits per heavy atom. The third-order valence-electron chi connectivity index (χ3n) is 4.35. The van der Waals surface area contributed by atoms with E-state index in [9.17, 15) is 4.79 Å². The van der Waals surface area contributed by atoms with Crippen molar-refractivity contribution in [2.75, 3.05) is 11.4 Å². The lowest BCUT2D eigenvalue weighted by atomic mass is 10.1. The summed E-state index contributed by atoms with van der Waals surface area (Å²) in [4.78, 5) is 13.9. The molecule has 3 aromatic carbocycles. The van der Waals surface area contributed by atoms with E-state index in [-0.39, 0.29) is 5.91 Å². The van der Waals surface area contributed by atoms with Gasteiger partial charge in [0.2, 0.25) is 5.91 Å². The number of fused-ring (bicyclic) bond motifs is 1. The highest BCUT2D eigenvalue weighted by Gasteiger charge is 2.28. The fourth-order valence-corrected chi connectivity index (χ4v) is 4.01. The molecule has 1 amide bonds. The van der Waals surface area contributed by atoms with Crippen molar-refractivity contribution in [2.45, 2.75) is 17.9 Å². The van der Waals surface area contributed by atoms with E-state index in [2.05, 4.69) is 0 Å². The number of carbonyl (C=O) groups is 1. The number of para-hydroxylation sites is 1. The summed E-state index contributed by atoms with van der Waals surface area (Å²) in [6.45, 7) is 0.400. The Morgan fingerprint density at radius 1 is 0.963 bits per heavy atom. The molecule has 0 atom stereocenters. The zero-order chi connectivity index (χ0) is 18.6. The topological polar surface area (TPSA) is 38.8 Å². The van der Waals surface area contributed by atoms with Gasteiger partial charge in [0.1, 0.15) is 12.3 Å². The minimum Gasteiger partial charge on any atom is -0.493 e. The van der Waals surface area contributed by atoms with E-state index in [0.717, 1.165) is 16.0 Å². The third kappa shape index (κ3) is 3.64. The molecule has 0 unspecified atom stereocenters. The molecule has 0 fully saturated rings. The summed E-state index contributed by atoms with van der Waals surface area (Å²) in [6.07, 6.45) is 0.374. The van der Waals surface area contributed by atoms with Crippen LogP contribution in [0.1, 0.15) is 11.1 Å². The summed E-state index contributed by atoms with van der Waals surface area (Å²) >= 11 is 1.42. The predicted octanol–water partition coefficient (Wildman–Crippen LogP) is 4.87. The van der Waals surface area contributed by atoms with Crippen molar-refractivity contribution in [2.24, 2.45) is 0 Å². The summed E-state index contributed by atoms with van der Waals surface area (Å²) in [5, 5.41) is 0. The molecule has 3 aromatic rings. The van der Waals surface area contributed by atoms with Gasteiger partial charge in [0, 0.05) is 4.90 Å². The number of ether oxygens (including phenoxy) is 2. The first kappa shape index (κ1) is 17.5. The average Bonchev–Trinajstić information content (AvgIpc) is 2.72. The Hall–Kier alpha value is -2.92. The molecule has 27 heavy (non-hydrogen) atoms. The van der Waals surface area contributed by atoms with Crippen LogP contribution in [-0.2, 0) is 17.8 Å². The molecule has 136 valence electrons. The van der Waals surface area contributed by atoms with Crippen molar-refractivity contribution < 1.29 is 14.3 Å². The highest BCUT2D eigenvalue weighted by molar-refractivity contribution is 8.01. The fraction of sp³-hybridized carbons (Fsp3) is 0.136. The van der Waals surface area contributed by atoms with Crippen LogP contribution in [0.4, 0.5) is 5.69 Å². The summed E-state index contributed by atoms with van der Waals surface area (Å²) in [5.41, 5.74) is 2.81. The van der Waals surface area contributed by atoms with Crippen molar-refractivity contribution in [3.05, 3.63) is 83.9 Å².